The second-order valence-corrected chi connectivity index (χ2v) is 8.75. The van der Waals surface area contributed by atoms with Gasteiger partial charge in [-0.15, -0.1) is 0 Å². The molecule has 6 heteroatoms. The number of likely N-dealkylation sites (tertiary alicyclic amines) is 1. The Morgan fingerprint density at radius 2 is 1.90 bits per heavy atom. The monoisotopic (exact) mass is 432 g/mol. The quantitative estimate of drug-likeness (QED) is 0.492. The van der Waals surface area contributed by atoms with E-state index < -0.39 is 18.1 Å². The third-order valence-corrected chi connectivity index (χ3v) is 6.41. The van der Waals surface area contributed by atoms with E-state index in [2.05, 4.69) is 12.2 Å². The van der Waals surface area contributed by atoms with Gasteiger partial charge < -0.3 is 20.1 Å². The van der Waals surface area contributed by atoms with Crippen molar-refractivity contribution in [3.05, 3.63) is 35.9 Å². The molecule has 174 valence electrons. The first-order valence-electron chi connectivity index (χ1n) is 11.8. The highest BCUT2D eigenvalue weighted by Crippen LogP contribution is 2.28. The Hall–Kier alpha value is -1.92. The second kappa shape index (κ2) is 12.8. The van der Waals surface area contributed by atoms with E-state index in [1.54, 1.807) is 14.0 Å². The molecule has 0 radical (unpaired) electrons. The first-order valence-corrected chi connectivity index (χ1v) is 11.8. The van der Waals surface area contributed by atoms with Gasteiger partial charge in [0.1, 0.15) is 0 Å². The Morgan fingerprint density at radius 3 is 2.55 bits per heavy atom. The van der Waals surface area contributed by atoms with E-state index in [4.69, 9.17) is 4.74 Å². The zero-order valence-electron chi connectivity index (χ0n) is 19.5. The fraction of sp³-hybridized carbons (Fsp3) is 0.680. The molecule has 1 saturated heterocycles. The van der Waals surface area contributed by atoms with E-state index in [-0.39, 0.29) is 24.0 Å². The predicted octanol–water partition coefficient (Wildman–Crippen LogP) is 3.84. The van der Waals surface area contributed by atoms with Crippen LogP contribution in [-0.2, 0) is 14.3 Å². The Labute approximate surface area is 187 Å². The van der Waals surface area contributed by atoms with E-state index in [9.17, 15) is 14.7 Å². The zero-order valence-corrected chi connectivity index (χ0v) is 19.5. The Balaban J connectivity index is 1.96. The number of carbonyl (C=O) groups is 2. The van der Waals surface area contributed by atoms with Crippen LogP contribution >= 0.6 is 0 Å². The van der Waals surface area contributed by atoms with Crippen LogP contribution in [0.4, 0.5) is 0 Å². The van der Waals surface area contributed by atoms with Gasteiger partial charge in [0.2, 0.25) is 11.8 Å². The summed E-state index contributed by atoms with van der Waals surface area (Å²) in [6.45, 7) is 6.53. The lowest BCUT2D eigenvalue weighted by Gasteiger charge is -2.34. The van der Waals surface area contributed by atoms with Crippen LogP contribution < -0.4 is 5.32 Å². The summed E-state index contributed by atoms with van der Waals surface area (Å²) in [7, 11) is 1.61. The summed E-state index contributed by atoms with van der Waals surface area (Å²) in [5, 5.41) is 13.5. The topological polar surface area (TPSA) is 78.9 Å². The minimum absolute atomic E-state index is 0.0845. The number of rotatable bonds is 12. The highest BCUT2D eigenvalue weighted by Gasteiger charge is 2.39. The Kier molecular flexibility index (Phi) is 10.5. The van der Waals surface area contributed by atoms with Crippen LogP contribution in [0.3, 0.4) is 0 Å². The van der Waals surface area contributed by atoms with Gasteiger partial charge in [-0.25, -0.2) is 0 Å². The van der Waals surface area contributed by atoms with Crippen LogP contribution in [0.15, 0.2) is 30.3 Å². The molecule has 1 aromatic rings. The van der Waals surface area contributed by atoms with Crippen LogP contribution in [0.1, 0.15) is 77.4 Å². The fourth-order valence-electron chi connectivity index (χ4n) is 4.51. The van der Waals surface area contributed by atoms with Crippen LogP contribution in [0.2, 0.25) is 0 Å². The molecule has 31 heavy (non-hydrogen) atoms. The van der Waals surface area contributed by atoms with Crippen molar-refractivity contribution in [3.63, 3.8) is 0 Å². The van der Waals surface area contributed by atoms with Gasteiger partial charge in [-0.1, -0.05) is 63.4 Å². The molecule has 0 aromatic heterocycles. The number of methoxy groups -OCH3 is 1. The minimum atomic E-state index is -0.786. The van der Waals surface area contributed by atoms with Crippen molar-refractivity contribution in [2.75, 3.05) is 13.7 Å². The van der Waals surface area contributed by atoms with Gasteiger partial charge in [-0.05, 0) is 31.7 Å². The molecular weight excluding hydrogens is 392 g/mol. The molecule has 1 aliphatic rings. The lowest BCUT2D eigenvalue weighted by atomic mass is 9.94. The fourth-order valence-corrected chi connectivity index (χ4v) is 4.51. The number of carbonyl (C=O) groups excluding carboxylic acids is 2. The van der Waals surface area contributed by atoms with Crippen molar-refractivity contribution in [3.8, 4) is 0 Å². The maximum atomic E-state index is 13.0. The standard InChI is InChI=1S/C25H40N2O4/c1-5-6-7-11-16-22(28)27-17-12-15-21(27)24(31-4)18(2)25(30)26-19(3)23(29)20-13-9-8-10-14-20/h8-10,13-14,18-19,21,23-24,29H,5-7,11-12,15-17H2,1-4H3,(H,26,30)/t18-,19?,21?,23-,24?/m1/s1. The lowest BCUT2D eigenvalue weighted by Crippen LogP contribution is -2.51. The molecule has 0 bridgehead atoms. The van der Waals surface area contributed by atoms with Crippen LogP contribution in [0, 0.1) is 5.92 Å². The first kappa shape index (κ1) is 25.3. The number of benzene rings is 1. The highest BCUT2D eigenvalue weighted by molar-refractivity contribution is 5.80. The molecule has 0 aliphatic carbocycles. The summed E-state index contributed by atoms with van der Waals surface area (Å²) in [5.41, 5.74) is 0.766. The number of ether oxygens (including phenoxy) is 1. The molecule has 0 saturated carbocycles. The molecule has 1 aliphatic heterocycles. The Bertz CT molecular complexity index is 681. The van der Waals surface area contributed by atoms with Gasteiger partial charge in [0, 0.05) is 20.1 Å². The third kappa shape index (κ3) is 7.04. The molecule has 0 spiro atoms. The number of unbranched alkanes of at least 4 members (excludes halogenated alkanes) is 3. The third-order valence-electron chi connectivity index (χ3n) is 6.41. The summed E-state index contributed by atoms with van der Waals surface area (Å²) in [6.07, 6.45) is 5.48. The largest absolute Gasteiger partial charge is 0.386 e. The van der Waals surface area contributed by atoms with E-state index in [0.29, 0.717) is 6.42 Å². The first-order chi connectivity index (χ1) is 14.9. The van der Waals surface area contributed by atoms with Crippen LogP contribution in [-0.4, -0.2) is 53.7 Å². The minimum Gasteiger partial charge on any atom is -0.386 e. The molecule has 1 fully saturated rings. The summed E-state index contributed by atoms with van der Waals surface area (Å²) in [5.74, 6) is -0.438. The predicted molar refractivity (Wildman–Crippen MR) is 122 cm³/mol. The van der Waals surface area contributed by atoms with Gasteiger partial charge >= 0.3 is 0 Å². The van der Waals surface area contributed by atoms with E-state index in [1.165, 1.54) is 0 Å². The van der Waals surface area contributed by atoms with Crippen LogP contribution in [0.25, 0.3) is 0 Å². The van der Waals surface area contributed by atoms with E-state index >= 15 is 0 Å². The molecule has 3 unspecified atom stereocenters. The van der Waals surface area contributed by atoms with Gasteiger partial charge in [-0.2, -0.15) is 0 Å². The summed E-state index contributed by atoms with van der Waals surface area (Å²) < 4.78 is 5.75. The summed E-state index contributed by atoms with van der Waals surface area (Å²) >= 11 is 0. The summed E-state index contributed by atoms with van der Waals surface area (Å²) in [4.78, 5) is 27.7. The highest BCUT2D eigenvalue weighted by atomic mass is 16.5. The van der Waals surface area contributed by atoms with Gasteiger partial charge in [-0.3, -0.25) is 9.59 Å². The lowest BCUT2D eigenvalue weighted by molar-refractivity contribution is -0.140. The number of hydrogen-bond acceptors (Lipinski definition) is 4. The number of nitrogens with zero attached hydrogens (tertiary/aromatic N) is 1. The molecule has 1 heterocycles. The molecule has 6 nitrogen and oxygen atoms in total. The summed E-state index contributed by atoms with van der Waals surface area (Å²) in [6, 6.07) is 8.79. The average molecular weight is 433 g/mol. The van der Waals surface area contributed by atoms with Crippen molar-refractivity contribution in [2.45, 2.75) is 90.0 Å². The van der Waals surface area contributed by atoms with Crippen molar-refractivity contribution in [1.29, 1.82) is 0 Å². The van der Waals surface area contributed by atoms with Crippen molar-refractivity contribution in [1.82, 2.24) is 10.2 Å². The average Bonchev–Trinajstić information content (AvgIpc) is 3.26. The normalized spacial score (nSPS) is 20.2. The number of nitrogens with one attached hydrogen (secondary N) is 1. The molecular formula is C25H40N2O4. The van der Waals surface area contributed by atoms with Crippen molar-refractivity contribution in [2.24, 2.45) is 5.92 Å². The van der Waals surface area contributed by atoms with Gasteiger partial charge in [0.05, 0.1) is 30.2 Å². The molecule has 2 amide bonds. The van der Waals surface area contributed by atoms with Crippen LogP contribution in [0.5, 0.6) is 0 Å². The molecule has 2 N–H and O–H groups in total. The Morgan fingerprint density at radius 1 is 1.19 bits per heavy atom. The van der Waals surface area contributed by atoms with E-state index in [0.717, 1.165) is 50.6 Å². The molecule has 5 atom stereocenters. The smallest absolute Gasteiger partial charge is 0.225 e. The van der Waals surface area contributed by atoms with Gasteiger partial charge in [0.15, 0.2) is 0 Å². The van der Waals surface area contributed by atoms with E-state index in [1.807, 2.05) is 42.2 Å². The number of amides is 2. The van der Waals surface area contributed by atoms with Crippen molar-refractivity contribution >= 4 is 11.8 Å². The SMILES string of the molecule is CCCCCCC(=O)N1CCCC1C(OC)[C@@H](C)C(=O)NC(C)[C@@H](O)c1ccccc1. The number of aliphatic hydroxyl groups excluding tert-OH is 1. The number of aliphatic hydroxyl groups is 1. The maximum absolute atomic E-state index is 13.0. The van der Waals surface area contributed by atoms with Crippen molar-refractivity contribution < 1.29 is 19.4 Å². The van der Waals surface area contributed by atoms with Gasteiger partial charge in [0.25, 0.3) is 0 Å². The maximum Gasteiger partial charge on any atom is 0.225 e. The molecule has 1 aromatic carbocycles. The second-order valence-electron chi connectivity index (χ2n) is 8.75. The zero-order chi connectivity index (χ0) is 22.8. The molecule has 2 rings (SSSR count). The number of hydrogen-bond donors (Lipinski definition) is 2.